The molecule has 0 aromatic heterocycles. The summed E-state index contributed by atoms with van der Waals surface area (Å²) in [6.07, 6.45) is 2.11. The lowest BCUT2D eigenvalue weighted by molar-refractivity contribution is 0.0442. The third kappa shape index (κ3) is 2.61. The summed E-state index contributed by atoms with van der Waals surface area (Å²) >= 11 is 0. The lowest BCUT2D eigenvalue weighted by Gasteiger charge is -2.35. The molecule has 0 spiro atoms. The maximum absolute atomic E-state index is 11.6. The van der Waals surface area contributed by atoms with Gasteiger partial charge in [0.05, 0.1) is 0 Å². The summed E-state index contributed by atoms with van der Waals surface area (Å²) in [6, 6.07) is 16.6. The predicted octanol–water partition coefficient (Wildman–Crippen LogP) is 3.29. The normalized spacial score (nSPS) is 18.9. The topological polar surface area (TPSA) is 32.3 Å². The molecule has 0 amide bonds. The molecule has 1 atom stereocenters. The van der Waals surface area contributed by atoms with Gasteiger partial charge in [0.1, 0.15) is 5.60 Å². The first kappa shape index (κ1) is 14.3. The van der Waals surface area contributed by atoms with Gasteiger partial charge in [-0.3, -0.25) is 0 Å². The lowest BCUT2D eigenvalue weighted by Crippen LogP contribution is -2.46. The van der Waals surface area contributed by atoms with Gasteiger partial charge in [0.2, 0.25) is 0 Å². The van der Waals surface area contributed by atoms with E-state index in [2.05, 4.69) is 67.7 Å². The van der Waals surface area contributed by atoms with Crippen molar-refractivity contribution in [2.45, 2.75) is 38.3 Å². The van der Waals surface area contributed by atoms with Crippen molar-refractivity contribution < 1.29 is 5.11 Å². The van der Waals surface area contributed by atoms with Crippen molar-refractivity contribution in [2.75, 3.05) is 6.54 Å². The highest BCUT2D eigenvalue weighted by Gasteiger charge is 2.41. The first-order valence-electron chi connectivity index (χ1n) is 7.71. The first-order valence-corrected chi connectivity index (χ1v) is 7.71. The van der Waals surface area contributed by atoms with E-state index in [9.17, 15) is 5.11 Å². The van der Waals surface area contributed by atoms with Crippen LogP contribution in [0.5, 0.6) is 0 Å². The van der Waals surface area contributed by atoms with Gasteiger partial charge in [0, 0.05) is 6.04 Å². The molecule has 1 aliphatic heterocycles. The third-order valence-corrected chi connectivity index (χ3v) is 4.55. The number of benzene rings is 2. The van der Waals surface area contributed by atoms with Crippen LogP contribution in [0, 0.1) is 13.8 Å². The van der Waals surface area contributed by atoms with Gasteiger partial charge in [-0.15, -0.1) is 0 Å². The van der Waals surface area contributed by atoms with Gasteiger partial charge in [0.25, 0.3) is 0 Å². The van der Waals surface area contributed by atoms with Crippen molar-refractivity contribution in [3.8, 4) is 0 Å². The minimum Gasteiger partial charge on any atom is -0.379 e. The number of nitrogens with one attached hydrogen (secondary N) is 1. The Labute approximate surface area is 126 Å². The predicted molar refractivity (Wildman–Crippen MR) is 86.4 cm³/mol. The Kier molecular flexibility index (Phi) is 3.83. The monoisotopic (exact) mass is 281 g/mol. The van der Waals surface area contributed by atoms with Gasteiger partial charge in [0.15, 0.2) is 0 Å². The summed E-state index contributed by atoms with van der Waals surface area (Å²) in [7, 11) is 0. The van der Waals surface area contributed by atoms with Crippen LogP contribution < -0.4 is 5.32 Å². The van der Waals surface area contributed by atoms with Gasteiger partial charge in [-0.1, -0.05) is 59.7 Å². The molecule has 0 saturated carbocycles. The van der Waals surface area contributed by atoms with E-state index in [1.165, 1.54) is 11.1 Å². The highest BCUT2D eigenvalue weighted by atomic mass is 16.3. The fourth-order valence-electron chi connectivity index (χ4n) is 3.23. The largest absolute Gasteiger partial charge is 0.379 e. The molecular weight excluding hydrogens is 258 g/mol. The average Bonchev–Trinajstić information content (AvgIpc) is 3.02. The number of aryl methyl sites for hydroxylation is 2. The summed E-state index contributed by atoms with van der Waals surface area (Å²) in [5.74, 6) is 0. The Bertz CT molecular complexity index is 549. The van der Waals surface area contributed by atoms with E-state index in [1.54, 1.807) is 0 Å². The van der Waals surface area contributed by atoms with E-state index >= 15 is 0 Å². The van der Waals surface area contributed by atoms with E-state index in [0.29, 0.717) is 0 Å². The Balaban J connectivity index is 2.09. The molecule has 1 heterocycles. The molecular formula is C19H23NO. The van der Waals surface area contributed by atoms with Crippen molar-refractivity contribution in [3.05, 3.63) is 70.8 Å². The molecule has 110 valence electrons. The van der Waals surface area contributed by atoms with Gasteiger partial charge in [-0.05, 0) is 44.4 Å². The van der Waals surface area contributed by atoms with Crippen molar-refractivity contribution in [1.82, 2.24) is 5.32 Å². The lowest BCUT2D eigenvalue weighted by atomic mass is 9.79. The molecule has 2 N–H and O–H groups in total. The highest BCUT2D eigenvalue weighted by molar-refractivity contribution is 5.40. The third-order valence-electron chi connectivity index (χ3n) is 4.55. The van der Waals surface area contributed by atoms with Gasteiger partial charge < -0.3 is 10.4 Å². The van der Waals surface area contributed by atoms with Crippen molar-refractivity contribution in [1.29, 1.82) is 0 Å². The Morgan fingerprint density at radius 1 is 0.905 bits per heavy atom. The molecule has 3 rings (SSSR count). The van der Waals surface area contributed by atoms with E-state index in [-0.39, 0.29) is 6.04 Å². The smallest absolute Gasteiger partial charge is 0.130 e. The van der Waals surface area contributed by atoms with Crippen LogP contribution >= 0.6 is 0 Å². The molecule has 1 saturated heterocycles. The van der Waals surface area contributed by atoms with Gasteiger partial charge in [-0.2, -0.15) is 0 Å². The average molecular weight is 281 g/mol. The second-order valence-corrected chi connectivity index (χ2v) is 6.15. The van der Waals surface area contributed by atoms with Gasteiger partial charge in [-0.25, -0.2) is 0 Å². The second kappa shape index (κ2) is 5.63. The van der Waals surface area contributed by atoms with Crippen molar-refractivity contribution >= 4 is 0 Å². The standard InChI is InChI=1S/C19H23NO/c1-14-5-9-16(10-6-14)19(21,18-4-3-13-20-18)17-11-7-15(2)8-12-17/h5-12,18,20-21H,3-4,13H2,1-2H3/t18-/m0/s1. The van der Waals surface area contributed by atoms with E-state index in [0.717, 1.165) is 30.5 Å². The zero-order chi connectivity index (χ0) is 14.9. The molecule has 1 aliphatic rings. The number of aliphatic hydroxyl groups is 1. The number of hydrogen-bond acceptors (Lipinski definition) is 2. The summed E-state index contributed by atoms with van der Waals surface area (Å²) in [5.41, 5.74) is 3.40. The van der Waals surface area contributed by atoms with Gasteiger partial charge >= 0.3 is 0 Å². The molecule has 2 heteroatoms. The highest BCUT2D eigenvalue weighted by Crippen LogP contribution is 2.36. The molecule has 2 aromatic rings. The van der Waals surface area contributed by atoms with Crippen molar-refractivity contribution in [3.63, 3.8) is 0 Å². The van der Waals surface area contributed by atoms with Crippen LogP contribution in [0.15, 0.2) is 48.5 Å². The molecule has 0 aliphatic carbocycles. The molecule has 2 aromatic carbocycles. The summed E-state index contributed by atoms with van der Waals surface area (Å²) in [4.78, 5) is 0. The molecule has 2 nitrogen and oxygen atoms in total. The van der Waals surface area contributed by atoms with Crippen LogP contribution in [0.1, 0.15) is 35.1 Å². The fourth-order valence-corrected chi connectivity index (χ4v) is 3.23. The van der Waals surface area contributed by atoms with Crippen LogP contribution in [0.25, 0.3) is 0 Å². The maximum atomic E-state index is 11.6. The molecule has 0 radical (unpaired) electrons. The second-order valence-electron chi connectivity index (χ2n) is 6.15. The fraction of sp³-hybridized carbons (Fsp3) is 0.368. The Hall–Kier alpha value is -1.64. The maximum Gasteiger partial charge on any atom is 0.130 e. The van der Waals surface area contributed by atoms with Crippen LogP contribution in [-0.2, 0) is 5.60 Å². The van der Waals surface area contributed by atoms with Crippen LogP contribution in [0.2, 0.25) is 0 Å². The minimum absolute atomic E-state index is 0.0721. The van der Waals surface area contributed by atoms with E-state index in [1.807, 2.05) is 0 Å². The summed E-state index contributed by atoms with van der Waals surface area (Å²) in [6.45, 7) is 5.12. The quantitative estimate of drug-likeness (QED) is 0.905. The SMILES string of the molecule is Cc1ccc(C(O)(c2ccc(C)cc2)[C@@H]2CCCN2)cc1. The van der Waals surface area contributed by atoms with Crippen LogP contribution in [0.3, 0.4) is 0 Å². The Morgan fingerprint density at radius 3 is 1.76 bits per heavy atom. The minimum atomic E-state index is -0.960. The zero-order valence-corrected chi connectivity index (χ0v) is 12.8. The van der Waals surface area contributed by atoms with Crippen LogP contribution in [-0.4, -0.2) is 17.7 Å². The first-order chi connectivity index (χ1) is 10.1. The molecule has 21 heavy (non-hydrogen) atoms. The van der Waals surface area contributed by atoms with E-state index in [4.69, 9.17) is 0 Å². The van der Waals surface area contributed by atoms with Crippen LogP contribution in [0.4, 0.5) is 0 Å². The molecule has 0 bridgehead atoms. The zero-order valence-electron chi connectivity index (χ0n) is 12.8. The molecule has 0 unspecified atom stereocenters. The number of hydrogen-bond donors (Lipinski definition) is 2. The van der Waals surface area contributed by atoms with Crippen molar-refractivity contribution in [2.24, 2.45) is 0 Å². The molecule has 1 fully saturated rings. The Morgan fingerprint density at radius 2 is 1.38 bits per heavy atom. The summed E-state index contributed by atoms with van der Waals surface area (Å²) in [5, 5.41) is 15.0. The summed E-state index contributed by atoms with van der Waals surface area (Å²) < 4.78 is 0. The number of rotatable bonds is 3. The van der Waals surface area contributed by atoms with E-state index < -0.39 is 5.60 Å².